The average Bonchev–Trinajstić information content (AvgIpc) is 2.50. The van der Waals surface area contributed by atoms with Crippen LogP contribution in [0.5, 0.6) is 0 Å². The summed E-state index contributed by atoms with van der Waals surface area (Å²) in [5, 5.41) is 2.77. The molecule has 0 fully saturated rings. The van der Waals surface area contributed by atoms with Gasteiger partial charge in [0.25, 0.3) is 0 Å². The summed E-state index contributed by atoms with van der Waals surface area (Å²) in [5.74, 6) is 0.747. The molecule has 1 aliphatic rings. The highest BCUT2D eigenvalue weighted by Crippen LogP contribution is 2.12. The molecule has 78 valence electrons. The minimum Gasteiger partial charge on any atom is -0.312 e. The first-order valence-electron chi connectivity index (χ1n) is 4.77. The lowest BCUT2D eigenvalue weighted by molar-refractivity contribution is -0.119. The number of nitrogens with zero attached hydrogens (tertiary/aromatic N) is 1. The maximum Gasteiger partial charge on any atom is 0.249 e. The van der Waals surface area contributed by atoms with E-state index in [-0.39, 0.29) is 11.9 Å². The highest BCUT2D eigenvalue weighted by Gasteiger charge is 2.21. The zero-order chi connectivity index (χ0) is 10.8. The molecule has 1 N–H and O–H groups in total. The lowest BCUT2D eigenvalue weighted by Crippen LogP contribution is -2.28. The number of hydrogen-bond acceptors (Lipinski definition) is 2. The van der Waals surface area contributed by atoms with E-state index >= 15 is 0 Å². The quantitative estimate of drug-likeness (QED) is 0.873. The Balaban J connectivity index is 2.07. The molecule has 0 saturated heterocycles. The van der Waals surface area contributed by atoms with E-state index in [9.17, 15) is 4.79 Å². The van der Waals surface area contributed by atoms with Crippen molar-refractivity contribution in [1.29, 1.82) is 0 Å². The molecule has 2 rings (SSSR count). The molecule has 0 aliphatic carbocycles. The van der Waals surface area contributed by atoms with Crippen molar-refractivity contribution in [3.05, 3.63) is 34.3 Å². The molecule has 0 aromatic heterocycles. The van der Waals surface area contributed by atoms with Crippen LogP contribution in [0.4, 0.5) is 0 Å². The van der Waals surface area contributed by atoms with Gasteiger partial charge < -0.3 is 5.32 Å². The summed E-state index contributed by atoms with van der Waals surface area (Å²) in [4.78, 5) is 15.4. The molecular weight excluding hydrogens is 256 g/mol. The van der Waals surface area contributed by atoms with Crippen LogP contribution in [-0.2, 0) is 11.2 Å². The third kappa shape index (κ3) is 2.45. The van der Waals surface area contributed by atoms with Crippen molar-refractivity contribution in [2.24, 2.45) is 4.99 Å². The van der Waals surface area contributed by atoms with Gasteiger partial charge in [0.15, 0.2) is 0 Å². The molecule has 0 spiro atoms. The van der Waals surface area contributed by atoms with Gasteiger partial charge in [0, 0.05) is 10.9 Å². The van der Waals surface area contributed by atoms with Crippen molar-refractivity contribution in [2.45, 2.75) is 19.4 Å². The van der Waals surface area contributed by atoms with Crippen LogP contribution in [0.3, 0.4) is 0 Å². The molecule has 15 heavy (non-hydrogen) atoms. The summed E-state index contributed by atoms with van der Waals surface area (Å²) in [6.45, 7) is 1.80. The van der Waals surface area contributed by atoms with Crippen LogP contribution in [0, 0.1) is 0 Å². The highest BCUT2D eigenvalue weighted by atomic mass is 79.9. The van der Waals surface area contributed by atoms with Gasteiger partial charge in [-0.3, -0.25) is 9.79 Å². The summed E-state index contributed by atoms with van der Waals surface area (Å²) in [5.41, 5.74) is 1.14. The number of benzene rings is 1. The van der Waals surface area contributed by atoms with Crippen LogP contribution < -0.4 is 5.32 Å². The molecule has 1 aromatic carbocycles. The van der Waals surface area contributed by atoms with Crippen molar-refractivity contribution in [3.63, 3.8) is 0 Å². The number of carbonyl (C=O) groups is 1. The number of hydrogen-bond donors (Lipinski definition) is 1. The fraction of sp³-hybridized carbons (Fsp3) is 0.273. The van der Waals surface area contributed by atoms with Gasteiger partial charge in [-0.25, -0.2) is 0 Å². The fourth-order valence-electron chi connectivity index (χ4n) is 1.46. The van der Waals surface area contributed by atoms with E-state index in [0.717, 1.165) is 15.9 Å². The van der Waals surface area contributed by atoms with E-state index in [2.05, 4.69) is 26.2 Å². The van der Waals surface area contributed by atoms with Gasteiger partial charge in [0.05, 0.1) is 0 Å². The number of aliphatic imine (C=N–C) groups is 1. The van der Waals surface area contributed by atoms with Gasteiger partial charge in [0.2, 0.25) is 5.91 Å². The average molecular weight is 267 g/mol. The van der Waals surface area contributed by atoms with E-state index < -0.39 is 0 Å². The molecule has 0 saturated carbocycles. The molecule has 1 aliphatic heterocycles. The normalized spacial score (nSPS) is 20.0. The van der Waals surface area contributed by atoms with Crippen molar-refractivity contribution in [2.75, 3.05) is 0 Å². The Morgan fingerprint density at radius 3 is 2.60 bits per heavy atom. The lowest BCUT2D eigenvalue weighted by atomic mass is 10.1. The van der Waals surface area contributed by atoms with Gasteiger partial charge in [-0.2, -0.15) is 0 Å². The summed E-state index contributed by atoms with van der Waals surface area (Å²) >= 11 is 3.38. The molecule has 3 nitrogen and oxygen atoms in total. The fourth-order valence-corrected chi connectivity index (χ4v) is 1.72. The second-order valence-corrected chi connectivity index (χ2v) is 4.46. The number of nitrogens with one attached hydrogen (secondary N) is 1. The smallest absolute Gasteiger partial charge is 0.249 e. The van der Waals surface area contributed by atoms with Crippen LogP contribution in [0.1, 0.15) is 12.5 Å². The summed E-state index contributed by atoms with van der Waals surface area (Å²) in [6.07, 6.45) is 0.684. The third-order valence-electron chi connectivity index (χ3n) is 2.28. The maximum atomic E-state index is 11.2. The zero-order valence-corrected chi connectivity index (χ0v) is 9.91. The van der Waals surface area contributed by atoms with Crippen LogP contribution in [0.15, 0.2) is 33.7 Å². The van der Waals surface area contributed by atoms with Crippen LogP contribution in [0.2, 0.25) is 0 Å². The standard InChI is InChI=1S/C11H11BrN2O/c1-7-11(15)14-10(13-7)6-8-2-4-9(12)5-3-8/h2-5,7H,6H2,1H3,(H,13,14,15). The van der Waals surface area contributed by atoms with Crippen LogP contribution in [-0.4, -0.2) is 17.8 Å². The summed E-state index contributed by atoms with van der Waals surface area (Å²) < 4.78 is 1.05. The van der Waals surface area contributed by atoms with Crippen LogP contribution in [0.25, 0.3) is 0 Å². The Kier molecular flexibility index (Phi) is 2.86. The second-order valence-electron chi connectivity index (χ2n) is 3.54. The summed E-state index contributed by atoms with van der Waals surface area (Å²) in [7, 11) is 0. The van der Waals surface area contributed by atoms with Crippen molar-refractivity contribution in [1.82, 2.24) is 5.32 Å². The van der Waals surface area contributed by atoms with Crippen molar-refractivity contribution < 1.29 is 4.79 Å². The predicted octanol–water partition coefficient (Wildman–Crippen LogP) is 1.91. The number of carbonyl (C=O) groups excluding carboxylic acids is 1. The van der Waals surface area contributed by atoms with Gasteiger partial charge >= 0.3 is 0 Å². The molecule has 1 heterocycles. The lowest BCUT2D eigenvalue weighted by Gasteiger charge is -2.01. The van der Waals surface area contributed by atoms with E-state index in [1.54, 1.807) is 6.92 Å². The van der Waals surface area contributed by atoms with Crippen molar-refractivity contribution >= 4 is 27.7 Å². The Morgan fingerprint density at radius 2 is 2.07 bits per heavy atom. The molecule has 1 unspecified atom stereocenters. The molecule has 1 aromatic rings. The predicted molar refractivity (Wildman–Crippen MR) is 62.9 cm³/mol. The Bertz CT molecular complexity index is 411. The molecule has 4 heteroatoms. The molecule has 0 bridgehead atoms. The molecule has 0 radical (unpaired) electrons. The van der Waals surface area contributed by atoms with Gasteiger partial charge in [-0.1, -0.05) is 28.1 Å². The van der Waals surface area contributed by atoms with Gasteiger partial charge in [0.1, 0.15) is 11.9 Å². The first kappa shape index (κ1) is 10.4. The number of amidine groups is 1. The molecule has 1 amide bonds. The third-order valence-corrected chi connectivity index (χ3v) is 2.81. The minimum absolute atomic E-state index is 0.0119. The number of halogens is 1. The van der Waals surface area contributed by atoms with Crippen molar-refractivity contribution in [3.8, 4) is 0 Å². The molecular formula is C11H11BrN2O. The van der Waals surface area contributed by atoms with Gasteiger partial charge in [-0.05, 0) is 24.6 Å². The van der Waals surface area contributed by atoms with E-state index in [1.165, 1.54) is 0 Å². The maximum absolute atomic E-state index is 11.2. The zero-order valence-electron chi connectivity index (χ0n) is 8.33. The molecule has 1 atom stereocenters. The topological polar surface area (TPSA) is 41.5 Å². The minimum atomic E-state index is -0.240. The Labute approximate surface area is 96.7 Å². The van der Waals surface area contributed by atoms with Crippen LogP contribution >= 0.6 is 15.9 Å². The van der Waals surface area contributed by atoms with E-state index in [0.29, 0.717) is 6.42 Å². The summed E-state index contributed by atoms with van der Waals surface area (Å²) in [6, 6.07) is 7.76. The highest BCUT2D eigenvalue weighted by molar-refractivity contribution is 9.10. The SMILES string of the molecule is CC1N=C(Cc2ccc(Br)cc2)NC1=O. The number of rotatable bonds is 2. The number of amides is 1. The van der Waals surface area contributed by atoms with E-state index in [4.69, 9.17) is 0 Å². The van der Waals surface area contributed by atoms with Gasteiger partial charge in [-0.15, -0.1) is 0 Å². The first-order valence-corrected chi connectivity index (χ1v) is 5.56. The first-order chi connectivity index (χ1) is 7.15. The Morgan fingerprint density at radius 1 is 1.40 bits per heavy atom. The Hall–Kier alpha value is -1.16. The largest absolute Gasteiger partial charge is 0.312 e. The monoisotopic (exact) mass is 266 g/mol. The van der Waals surface area contributed by atoms with E-state index in [1.807, 2.05) is 24.3 Å². The second kappa shape index (κ2) is 4.14.